The molecular weight excluding hydrogens is 510 g/mol. The zero-order valence-electron chi connectivity index (χ0n) is 18.5. The number of rotatable bonds is 7. The Balaban J connectivity index is 1.58. The number of thioether (sulfide) groups is 1. The van der Waals surface area contributed by atoms with Crippen LogP contribution in [-0.2, 0) is 12.3 Å². The summed E-state index contributed by atoms with van der Waals surface area (Å²) in [5.74, 6) is 1.49. The number of aromatic nitrogens is 3. The van der Waals surface area contributed by atoms with Gasteiger partial charge in [-0.2, -0.15) is 0 Å². The lowest BCUT2D eigenvalue weighted by atomic mass is 10.1. The molecule has 34 heavy (non-hydrogen) atoms. The fourth-order valence-corrected chi connectivity index (χ4v) is 5.01. The smallest absolute Gasteiger partial charge is 0.278 e. The van der Waals surface area contributed by atoms with E-state index in [1.165, 1.54) is 0 Å². The first-order chi connectivity index (χ1) is 16.6. The van der Waals surface area contributed by atoms with Crippen molar-refractivity contribution in [3.63, 3.8) is 0 Å². The van der Waals surface area contributed by atoms with E-state index in [1.807, 2.05) is 72.9 Å². The van der Waals surface area contributed by atoms with Crippen LogP contribution in [0.3, 0.4) is 0 Å². The molecule has 5 rings (SSSR count). The minimum Gasteiger partial charge on any atom is -0.497 e. The molecule has 0 aliphatic heterocycles. The van der Waals surface area contributed by atoms with Crippen molar-refractivity contribution in [1.29, 1.82) is 0 Å². The molecule has 0 saturated carbocycles. The van der Waals surface area contributed by atoms with Gasteiger partial charge in [-0.1, -0.05) is 82.3 Å². The Morgan fingerprint density at radius 3 is 2.38 bits per heavy atom. The Hall–Kier alpha value is -3.29. The fourth-order valence-electron chi connectivity index (χ4n) is 3.80. The first kappa shape index (κ1) is 22.5. The summed E-state index contributed by atoms with van der Waals surface area (Å²) in [4.78, 5) is 21.8. The summed E-state index contributed by atoms with van der Waals surface area (Å²) in [5, 5.41) is 0.688. The highest BCUT2D eigenvalue weighted by Crippen LogP contribution is 2.29. The van der Waals surface area contributed by atoms with Gasteiger partial charge in [0.1, 0.15) is 16.8 Å². The lowest BCUT2D eigenvalue weighted by Crippen LogP contribution is -2.24. The highest BCUT2D eigenvalue weighted by molar-refractivity contribution is 9.10. The molecule has 0 unspecified atom stereocenters. The van der Waals surface area contributed by atoms with Crippen LogP contribution in [0, 0.1) is 0 Å². The van der Waals surface area contributed by atoms with Crippen molar-refractivity contribution in [3.8, 4) is 16.9 Å². The average molecular weight is 532 g/mol. The summed E-state index contributed by atoms with van der Waals surface area (Å²) in [6.07, 6.45) is 1.87. The zero-order chi connectivity index (χ0) is 23.5. The van der Waals surface area contributed by atoms with Crippen LogP contribution in [0.25, 0.3) is 22.2 Å². The number of hydrogen-bond donors (Lipinski definition) is 1. The Morgan fingerprint density at radius 1 is 0.971 bits per heavy atom. The van der Waals surface area contributed by atoms with Gasteiger partial charge in [-0.05, 0) is 41.0 Å². The van der Waals surface area contributed by atoms with Crippen molar-refractivity contribution in [3.05, 3.63) is 111 Å². The van der Waals surface area contributed by atoms with Crippen LogP contribution in [0.4, 0.5) is 0 Å². The van der Waals surface area contributed by atoms with E-state index in [-0.39, 0.29) is 5.56 Å². The van der Waals surface area contributed by atoms with Crippen molar-refractivity contribution in [2.24, 2.45) is 0 Å². The molecular formula is C27H22BrN3O2S. The van der Waals surface area contributed by atoms with Crippen LogP contribution in [0.1, 0.15) is 11.1 Å². The zero-order valence-corrected chi connectivity index (χ0v) is 20.9. The van der Waals surface area contributed by atoms with Crippen LogP contribution >= 0.6 is 27.7 Å². The van der Waals surface area contributed by atoms with Gasteiger partial charge in [0.2, 0.25) is 0 Å². The minimum atomic E-state index is -0.0821. The Kier molecular flexibility index (Phi) is 6.56. The molecule has 0 radical (unpaired) electrons. The minimum absolute atomic E-state index is 0.0821. The normalized spacial score (nSPS) is 11.1. The van der Waals surface area contributed by atoms with Crippen molar-refractivity contribution in [2.75, 3.05) is 7.11 Å². The summed E-state index contributed by atoms with van der Waals surface area (Å²) < 4.78 is 8.06. The number of aromatic amines is 1. The quantitative estimate of drug-likeness (QED) is 0.192. The third-order valence-electron chi connectivity index (χ3n) is 5.62. The number of nitrogens with zero attached hydrogens (tertiary/aromatic N) is 2. The Bertz CT molecular complexity index is 1480. The van der Waals surface area contributed by atoms with E-state index in [9.17, 15) is 4.79 Å². The van der Waals surface area contributed by atoms with Crippen molar-refractivity contribution in [1.82, 2.24) is 14.5 Å². The summed E-state index contributed by atoms with van der Waals surface area (Å²) >= 11 is 5.05. The van der Waals surface area contributed by atoms with Crippen LogP contribution in [-0.4, -0.2) is 21.6 Å². The monoisotopic (exact) mass is 531 g/mol. The van der Waals surface area contributed by atoms with Gasteiger partial charge in [0.05, 0.1) is 13.7 Å². The summed E-state index contributed by atoms with van der Waals surface area (Å²) in [6.45, 7) is 0.425. The summed E-state index contributed by atoms with van der Waals surface area (Å²) in [6, 6.07) is 26.0. The van der Waals surface area contributed by atoms with E-state index in [4.69, 9.17) is 9.72 Å². The van der Waals surface area contributed by atoms with E-state index >= 15 is 0 Å². The molecule has 2 heterocycles. The molecule has 7 heteroatoms. The maximum Gasteiger partial charge on any atom is 0.278 e. The topological polar surface area (TPSA) is 59.9 Å². The number of ether oxygens (including phenoxy) is 1. The third kappa shape index (κ3) is 4.67. The van der Waals surface area contributed by atoms with E-state index in [1.54, 1.807) is 23.4 Å². The number of nitrogens with one attached hydrogen (secondary N) is 1. The molecule has 5 nitrogen and oxygen atoms in total. The molecule has 0 fully saturated rings. The van der Waals surface area contributed by atoms with Gasteiger partial charge in [0.15, 0.2) is 5.16 Å². The average Bonchev–Trinajstić information content (AvgIpc) is 3.31. The van der Waals surface area contributed by atoms with Gasteiger partial charge in [0.25, 0.3) is 5.56 Å². The maximum atomic E-state index is 13.6. The molecule has 170 valence electrons. The van der Waals surface area contributed by atoms with Gasteiger partial charge in [-0.25, -0.2) is 4.98 Å². The highest BCUT2D eigenvalue weighted by Gasteiger charge is 2.17. The largest absolute Gasteiger partial charge is 0.497 e. The van der Waals surface area contributed by atoms with Crippen LogP contribution in [0.2, 0.25) is 0 Å². The second-order valence-electron chi connectivity index (χ2n) is 7.84. The lowest BCUT2D eigenvalue weighted by molar-refractivity contribution is 0.414. The molecule has 0 bridgehead atoms. The SMILES string of the molecule is COc1ccc(Cn2c(SCc3ccc(Br)cc3)nc3c(-c4ccccc4)c[nH]c3c2=O)cc1. The number of methoxy groups -OCH3 is 1. The molecule has 2 aromatic heterocycles. The summed E-state index contributed by atoms with van der Waals surface area (Å²) in [7, 11) is 1.64. The van der Waals surface area contributed by atoms with E-state index in [2.05, 4.69) is 33.0 Å². The first-order valence-corrected chi connectivity index (χ1v) is 12.6. The number of hydrogen-bond acceptors (Lipinski definition) is 4. The lowest BCUT2D eigenvalue weighted by Gasteiger charge is -2.13. The van der Waals surface area contributed by atoms with Crippen molar-refractivity contribution < 1.29 is 4.74 Å². The van der Waals surface area contributed by atoms with Gasteiger partial charge < -0.3 is 9.72 Å². The van der Waals surface area contributed by atoms with E-state index in [0.29, 0.717) is 28.5 Å². The molecule has 0 aliphatic carbocycles. The predicted molar refractivity (Wildman–Crippen MR) is 142 cm³/mol. The van der Waals surface area contributed by atoms with E-state index < -0.39 is 0 Å². The highest BCUT2D eigenvalue weighted by atomic mass is 79.9. The van der Waals surface area contributed by atoms with E-state index in [0.717, 1.165) is 32.5 Å². The summed E-state index contributed by atoms with van der Waals surface area (Å²) in [5.41, 5.74) is 5.25. The fraction of sp³-hybridized carbons (Fsp3) is 0.111. The second kappa shape index (κ2) is 9.91. The van der Waals surface area contributed by atoms with Gasteiger partial charge >= 0.3 is 0 Å². The van der Waals surface area contributed by atoms with Crippen LogP contribution in [0.5, 0.6) is 5.75 Å². The Labute approximate surface area is 210 Å². The van der Waals surface area contributed by atoms with Gasteiger partial charge in [0, 0.05) is 22.0 Å². The molecule has 0 aliphatic rings. The number of benzene rings is 3. The standard InChI is InChI=1S/C27H22BrN3O2S/c1-33-22-13-9-18(10-14-22)16-31-26(32)25-24(23(15-29-25)20-5-3-2-4-6-20)30-27(31)34-17-19-7-11-21(28)12-8-19/h2-15,29H,16-17H2,1H3. The van der Waals surface area contributed by atoms with Crippen LogP contribution in [0.15, 0.2) is 99.5 Å². The molecule has 3 aromatic carbocycles. The molecule has 0 saturated heterocycles. The molecule has 0 amide bonds. The number of halogens is 1. The van der Waals surface area contributed by atoms with Gasteiger partial charge in [-0.3, -0.25) is 9.36 Å². The molecule has 1 N–H and O–H groups in total. The van der Waals surface area contributed by atoms with Gasteiger partial charge in [-0.15, -0.1) is 0 Å². The number of fused-ring (bicyclic) bond motifs is 1. The molecule has 0 spiro atoms. The second-order valence-corrected chi connectivity index (χ2v) is 9.70. The maximum absolute atomic E-state index is 13.6. The van der Waals surface area contributed by atoms with Crippen molar-refractivity contribution >= 4 is 38.7 Å². The number of H-pyrrole nitrogens is 1. The Morgan fingerprint density at radius 2 is 1.68 bits per heavy atom. The third-order valence-corrected chi connectivity index (χ3v) is 7.19. The molecule has 0 atom stereocenters. The van der Waals surface area contributed by atoms with Crippen LogP contribution < -0.4 is 10.3 Å². The predicted octanol–water partition coefficient (Wildman–Crippen LogP) is 6.50. The van der Waals surface area contributed by atoms with Crippen molar-refractivity contribution in [2.45, 2.75) is 17.5 Å². The molecule has 5 aromatic rings. The first-order valence-electron chi connectivity index (χ1n) is 10.8.